The molecule has 0 saturated carbocycles. The van der Waals surface area contributed by atoms with E-state index in [0.717, 1.165) is 45.6 Å². The van der Waals surface area contributed by atoms with Crippen LogP contribution < -0.4 is 5.32 Å². The van der Waals surface area contributed by atoms with Crippen LogP contribution in [0.15, 0.2) is 71.9 Å². The van der Waals surface area contributed by atoms with Crippen LogP contribution in [-0.2, 0) is 17.9 Å². The maximum atomic E-state index is 13.7. The standard InChI is InChI=1S/C30H31F2N3O2/c1-5-37-34-20(4)23-12-13-24-27(16-23)35(18-21-9-7-6-8-10-21)29(19(2)3)28(24)30(36)33-17-22-11-14-25(31)26(32)15-22/h6-16,19H,5,17-18H2,1-4H3,(H,33,36)/b34-20+. The Morgan fingerprint density at radius 2 is 1.76 bits per heavy atom. The molecule has 0 bridgehead atoms. The maximum Gasteiger partial charge on any atom is 0.254 e. The second-order valence-corrected chi connectivity index (χ2v) is 9.24. The van der Waals surface area contributed by atoms with Gasteiger partial charge in [0, 0.05) is 29.7 Å². The van der Waals surface area contributed by atoms with Gasteiger partial charge < -0.3 is 14.7 Å². The van der Waals surface area contributed by atoms with Crippen LogP contribution in [0, 0.1) is 11.6 Å². The SMILES string of the molecule is CCO/N=C(\C)c1ccc2c(C(=O)NCc3ccc(F)c(F)c3)c(C(C)C)n(Cc3ccccc3)c2c1. The number of nitrogens with one attached hydrogen (secondary N) is 1. The fourth-order valence-corrected chi connectivity index (χ4v) is 4.50. The molecule has 1 amide bonds. The zero-order valence-corrected chi connectivity index (χ0v) is 21.5. The van der Waals surface area contributed by atoms with E-state index >= 15 is 0 Å². The minimum absolute atomic E-state index is 0.0433. The van der Waals surface area contributed by atoms with Crippen molar-refractivity contribution in [3.05, 3.63) is 106 Å². The van der Waals surface area contributed by atoms with Crippen LogP contribution in [0.5, 0.6) is 0 Å². The molecule has 0 radical (unpaired) electrons. The quantitative estimate of drug-likeness (QED) is 0.202. The highest BCUT2D eigenvalue weighted by atomic mass is 19.2. The largest absolute Gasteiger partial charge is 0.396 e. The van der Waals surface area contributed by atoms with E-state index in [1.165, 1.54) is 6.07 Å². The average Bonchev–Trinajstić information content (AvgIpc) is 3.22. The van der Waals surface area contributed by atoms with Crippen molar-refractivity contribution in [1.29, 1.82) is 0 Å². The first-order valence-corrected chi connectivity index (χ1v) is 12.4. The van der Waals surface area contributed by atoms with Crippen molar-refractivity contribution in [2.45, 2.75) is 46.7 Å². The van der Waals surface area contributed by atoms with Crippen molar-refractivity contribution < 1.29 is 18.4 Å². The number of carbonyl (C=O) groups is 1. The predicted molar refractivity (Wildman–Crippen MR) is 143 cm³/mol. The Balaban J connectivity index is 1.81. The number of rotatable bonds is 9. The summed E-state index contributed by atoms with van der Waals surface area (Å²) in [4.78, 5) is 18.8. The van der Waals surface area contributed by atoms with Gasteiger partial charge in [-0.2, -0.15) is 0 Å². The molecule has 37 heavy (non-hydrogen) atoms. The summed E-state index contributed by atoms with van der Waals surface area (Å²) in [5, 5.41) is 7.90. The van der Waals surface area contributed by atoms with Crippen molar-refractivity contribution >= 4 is 22.5 Å². The Morgan fingerprint density at radius 3 is 2.43 bits per heavy atom. The van der Waals surface area contributed by atoms with Gasteiger partial charge in [0.2, 0.25) is 0 Å². The fraction of sp³-hybridized carbons (Fsp3) is 0.267. The number of amides is 1. The summed E-state index contributed by atoms with van der Waals surface area (Å²) < 4.78 is 29.2. The Bertz CT molecular complexity index is 1440. The fourth-order valence-electron chi connectivity index (χ4n) is 4.50. The molecule has 3 aromatic carbocycles. The lowest BCUT2D eigenvalue weighted by Crippen LogP contribution is -2.24. The molecule has 0 unspecified atom stereocenters. The molecule has 4 aromatic rings. The van der Waals surface area contributed by atoms with E-state index < -0.39 is 11.6 Å². The first-order valence-electron chi connectivity index (χ1n) is 12.4. The van der Waals surface area contributed by atoms with Gasteiger partial charge in [-0.1, -0.05) is 67.5 Å². The number of benzene rings is 3. The lowest BCUT2D eigenvalue weighted by atomic mass is 10.0. The second kappa shape index (κ2) is 11.4. The Morgan fingerprint density at radius 1 is 1.00 bits per heavy atom. The molecule has 5 nitrogen and oxygen atoms in total. The molecule has 4 rings (SSSR count). The lowest BCUT2D eigenvalue weighted by molar-refractivity contribution is 0.0951. The van der Waals surface area contributed by atoms with Crippen LogP contribution in [-0.4, -0.2) is 22.8 Å². The molecule has 7 heteroatoms. The summed E-state index contributed by atoms with van der Waals surface area (Å²) in [7, 11) is 0. The van der Waals surface area contributed by atoms with Gasteiger partial charge in [0.15, 0.2) is 11.6 Å². The molecule has 0 aliphatic carbocycles. The van der Waals surface area contributed by atoms with Gasteiger partial charge in [-0.25, -0.2) is 8.78 Å². The number of aromatic nitrogens is 1. The first kappa shape index (κ1) is 26.1. The third-order valence-corrected chi connectivity index (χ3v) is 6.25. The summed E-state index contributed by atoms with van der Waals surface area (Å²) in [6.07, 6.45) is 0. The predicted octanol–water partition coefficient (Wildman–Crippen LogP) is 6.78. The summed E-state index contributed by atoms with van der Waals surface area (Å²) in [5.74, 6) is -2.08. The van der Waals surface area contributed by atoms with E-state index in [1.807, 2.05) is 50.2 Å². The van der Waals surface area contributed by atoms with E-state index in [9.17, 15) is 13.6 Å². The van der Waals surface area contributed by atoms with E-state index in [1.54, 1.807) is 0 Å². The summed E-state index contributed by atoms with van der Waals surface area (Å²) in [5.41, 5.74) is 5.63. The third-order valence-electron chi connectivity index (χ3n) is 6.25. The third kappa shape index (κ3) is 5.71. The topological polar surface area (TPSA) is 55.6 Å². The number of carbonyl (C=O) groups excluding carboxylic acids is 1. The molecule has 0 atom stereocenters. The van der Waals surface area contributed by atoms with Crippen LogP contribution in [0.4, 0.5) is 8.78 Å². The Labute approximate surface area is 215 Å². The molecule has 0 aliphatic rings. The molecule has 1 aromatic heterocycles. The van der Waals surface area contributed by atoms with E-state index in [0.29, 0.717) is 24.3 Å². The van der Waals surface area contributed by atoms with Gasteiger partial charge in [-0.05, 0) is 49.1 Å². The molecule has 1 N–H and O–H groups in total. The van der Waals surface area contributed by atoms with Gasteiger partial charge in [0.1, 0.15) is 6.61 Å². The van der Waals surface area contributed by atoms with E-state index in [-0.39, 0.29) is 18.4 Å². The summed E-state index contributed by atoms with van der Waals surface area (Å²) >= 11 is 0. The first-order chi connectivity index (χ1) is 17.8. The van der Waals surface area contributed by atoms with E-state index in [4.69, 9.17) is 4.84 Å². The average molecular weight is 504 g/mol. The van der Waals surface area contributed by atoms with Gasteiger partial charge in [-0.3, -0.25) is 4.79 Å². The highest BCUT2D eigenvalue weighted by molar-refractivity contribution is 6.10. The van der Waals surface area contributed by atoms with Crippen molar-refractivity contribution in [1.82, 2.24) is 9.88 Å². The number of nitrogens with zero attached hydrogens (tertiary/aromatic N) is 2. The Hall–Kier alpha value is -4.00. The van der Waals surface area contributed by atoms with Crippen LogP contribution in [0.2, 0.25) is 0 Å². The lowest BCUT2D eigenvalue weighted by Gasteiger charge is -2.16. The summed E-state index contributed by atoms with van der Waals surface area (Å²) in [6.45, 7) is 9.04. The van der Waals surface area contributed by atoms with E-state index in [2.05, 4.69) is 41.0 Å². The smallest absolute Gasteiger partial charge is 0.254 e. The zero-order chi connectivity index (χ0) is 26.5. The number of oxime groups is 1. The number of hydrogen-bond donors (Lipinski definition) is 1. The van der Waals surface area contributed by atoms with Crippen LogP contribution in [0.25, 0.3) is 10.9 Å². The maximum absolute atomic E-state index is 13.7. The normalized spacial score (nSPS) is 11.8. The highest BCUT2D eigenvalue weighted by Gasteiger charge is 2.25. The number of fused-ring (bicyclic) bond motifs is 1. The molecule has 1 heterocycles. The number of halogens is 2. The van der Waals surface area contributed by atoms with Crippen molar-refractivity contribution in [3.63, 3.8) is 0 Å². The van der Waals surface area contributed by atoms with Gasteiger partial charge in [0.25, 0.3) is 5.91 Å². The zero-order valence-electron chi connectivity index (χ0n) is 21.5. The number of hydrogen-bond acceptors (Lipinski definition) is 3. The van der Waals surface area contributed by atoms with Crippen molar-refractivity contribution in [2.75, 3.05) is 6.61 Å². The molecular weight excluding hydrogens is 472 g/mol. The van der Waals surface area contributed by atoms with Crippen LogP contribution >= 0.6 is 0 Å². The van der Waals surface area contributed by atoms with Crippen LogP contribution in [0.1, 0.15) is 66.4 Å². The molecule has 0 saturated heterocycles. The highest BCUT2D eigenvalue weighted by Crippen LogP contribution is 2.33. The molecule has 192 valence electrons. The molecular formula is C30H31F2N3O2. The second-order valence-electron chi connectivity index (χ2n) is 9.24. The molecule has 0 spiro atoms. The minimum atomic E-state index is -0.939. The molecule has 0 aliphatic heterocycles. The minimum Gasteiger partial charge on any atom is -0.396 e. The summed E-state index contributed by atoms with van der Waals surface area (Å²) in [6, 6.07) is 19.6. The monoisotopic (exact) mass is 503 g/mol. The molecule has 0 fully saturated rings. The van der Waals surface area contributed by atoms with Crippen LogP contribution in [0.3, 0.4) is 0 Å². The Kier molecular flexibility index (Phi) is 8.01. The van der Waals surface area contributed by atoms with Gasteiger partial charge in [0.05, 0.1) is 16.8 Å². The van der Waals surface area contributed by atoms with Gasteiger partial charge in [-0.15, -0.1) is 0 Å². The van der Waals surface area contributed by atoms with Crippen molar-refractivity contribution in [3.8, 4) is 0 Å². The van der Waals surface area contributed by atoms with Gasteiger partial charge >= 0.3 is 0 Å². The van der Waals surface area contributed by atoms with Crippen molar-refractivity contribution in [2.24, 2.45) is 5.16 Å².